The normalized spacial score (nSPS) is 26.9. The molecule has 0 spiro atoms. The number of amides is 3. The molecule has 1 saturated heterocycles. The van der Waals surface area contributed by atoms with Crippen LogP contribution in [0.3, 0.4) is 0 Å². The molecule has 5 nitrogen and oxygen atoms in total. The number of imide groups is 1. The number of hydrogen-bond acceptors (Lipinski definition) is 3. The summed E-state index contributed by atoms with van der Waals surface area (Å²) < 4.78 is 0. The SMILES string of the molecule is O=CN[C@H]1CCCCN(C(=O)C2C=CC=CC2)C1=O. The fourth-order valence-electron chi connectivity index (χ4n) is 2.46. The molecule has 5 heteroatoms. The second kappa shape index (κ2) is 6.31. The molecule has 0 aromatic heterocycles. The van der Waals surface area contributed by atoms with E-state index in [1.165, 1.54) is 4.90 Å². The van der Waals surface area contributed by atoms with Crippen LogP contribution in [0.2, 0.25) is 0 Å². The van der Waals surface area contributed by atoms with Gasteiger partial charge >= 0.3 is 0 Å². The molecule has 0 radical (unpaired) electrons. The van der Waals surface area contributed by atoms with Crippen molar-refractivity contribution >= 4 is 18.2 Å². The van der Waals surface area contributed by atoms with Crippen molar-refractivity contribution in [2.24, 2.45) is 5.92 Å². The Kier molecular flexibility index (Phi) is 4.49. The van der Waals surface area contributed by atoms with Crippen molar-refractivity contribution in [1.82, 2.24) is 10.2 Å². The van der Waals surface area contributed by atoms with Crippen LogP contribution in [0.15, 0.2) is 24.3 Å². The third-order valence-corrected chi connectivity index (χ3v) is 3.52. The number of carbonyl (C=O) groups is 3. The van der Waals surface area contributed by atoms with E-state index in [4.69, 9.17) is 0 Å². The van der Waals surface area contributed by atoms with Gasteiger partial charge in [-0.2, -0.15) is 0 Å². The van der Waals surface area contributed by atoms with Crippen molar-refractivity contribution in [2.45, 2.75) is 31.7 Å². The highest BCUT2D eigenvalue weighted by Gasteiger charge is 2.33. The lowest BCUT2D eigenvalue weighted by molar-refractivity contribution is -0.147. The monoisotopic (exact) mass is 262 g/mol. The minimum absolute atomic E-state index is 0.162. The van der Waals surface area contributed by atoms with Crippen LogP contribution in [0.1, 0.15) is 25.7 Å². The molecule has 1 N–H and O–H groups in total. The van der Waals surface area contributed by atoms with E-state index < -0.39 is 6.04 Å². The first-order chi connectivity index (χ1) is 9.24. The van der Waals surface area contributed by atoms with Gasteiger partial charge in [-0.15, -0.1) is 0 Å². The number of carbonyl (C=O) groups excluding carboxylic acids is 3. The highest BCUT2D eigenvalue weighted by molar-refractivity contribution is 6.00. The van der Waals surface area contributed by atoms with Crippen LogP contribution in [0.5, 0.6) is 0 Å². The standard InChI is InChI=1S/C14H18N2O3/c17-10-15-12-8-4-5-9-16(14(12)19)13(18)11-6-2-1-3-7-11/h1-3,6,10-12H,4-5,7-9H2,(H,15,17)/t11?,12-/m0/s1. The molecule has 102 valence electrons. The minimum atomic E-state index is -0.563. The topological polar surface area (TPSA) is 66.5 Å². The first kappa shape index (κ1) is 13.5. The zero-order valence-corrected chi connectivity index (χ0v) is 10.7. The van der Waals surface area contributed by atoms with Gasteiger partial charge in [0.1, 0.15) is 6.04 Å². The van der Waals surface area contributed by atoms with Crippen LogP contribution in [0.4, 0.5) is 0 Å². The number of allylic oxidation sites excluding steroid dienone is 3. The first-order valence-electron chi connectivity index (χ1n) is 6.62. The van der Waals surface area contributed by atoms with E-state index in [9.17, 15) is 14.4 Å². The lowest BCUT2D eigenvalue weighted by Gasteiger charge is -2.25. The molecule has 0 aromatic carbocycles. The Hall–Kier alpha value is -1.91. The largest absolute Gasteiger partial charge is 0.347 e. The zero-order chi connectivity index (χ0) is 13.7. The summed E-state index contributed by atoms with van der Waals surface area (Å²) in [6, 6.07) is -0.563. The quantitative estimate of drug-likeness (QED) is 0.603. The number of likely N-dealkylation sites (tertiary alicyclic amines) is 1. The number of rotatable bonds is 3. The van der Waals surface area contributed by atoms with Crippen molar-refractivity contribution in [3.8, 4) is 0 Å². The number of nitrogens with zero attached hydrogens (tertiary/aromatic N) is 1. The molecule has 2 atom stereocenters. The number of nitrogens with one attached hydrogen (secondary N) is 1. The molecule has 0 bridgehead atoms. The average molecular weight is 262 g/mol. The van der Waals surface area contributed by atoms with Crippen LogP contribution in [-0.4, -0.2) is 35.7 Å². The third-order valence-electron chi connectivity index (χ3n) is 3.52. The Labute approximate surface area is 112 Å². The maximum atomic E-state index is 12.4. The van der Waals surface area contributed by atoms with E-state index in [1.807, 2.05) is 24.3 Å². The summed E-state index contributed by atoms with van der Waals surface area (Å²) in [4.78, 5) is 36.5. The van der Waals surface area contributed by atoms with Gasteiger partial charge in [0, 0.05) is 6.54 Å². The lowest BCUT2D eigenvalue weighted by Crippen LogP contribution is -2.49. The lowest BCUT2D eigenvalue weighted by atomic mass is 9.99. The fraction of sp³-hybridized carbons (Fsp3) is 0.500. The predicted octanol–water partition coefficient (Wildman–Crippen LogP) is 0.772. The Morgan fingerprint density at radius 1 is 1.37 bits per heavy atom. The maximum Gasteiger partial charge on any atom is 0.251 e. The summed E-state index contributed by atoms with van der Waals surface area (Å²) in [5.74, 6) is -0.702. The van der Waals surface area contributed by atoms with Gasteiger partial charge in [0.05, 0.1) is 5.92 Å². The smallest absolute Gasteiger partial charge is 0.251 e. The van der Waals surface area contributed by atoms with E-state index in [-0.39, 0.29) is 17.7 Å². The van der Waals surface area contributed by atoms with Crippen LogP contribution < -0.4 is 5.32 Å². The van der Waals surface area contributed by atoms with Crippen molar-refractivity contribution in [2.75, 3.05) is 6.54 Å². The molecule has 19 heavy (non-hydrogen) atoms. The van der Waals surface area contributed by atoms with Gasteiger partial charge in [-0.1, -0.05) is 24.3 Å². The molecule has 1 fully saturated rings. The second-order valence-electron chi connectivity index (χ2n) is 4.82. The van der Waals surface area contributed by atoms with E-state index in [0.717, 1.165) is 12.8 Å². The van der Waals surface area contributed by atoms with Crippen LogP contribution >= 0.6 is 0 Å². The highest BCUT2D eigenvalue weighted by Crippen LogP contribution is 2.19. The minimum Gasteiger partial charge on any atom is -0.347 e. The van der Waals surface area contributed by atoms with E-state index in [1.54, 1.807) is 0 Å². The maximum absolute atomic E-state index is 12.4. The summed E-state index contributed by atoms with van der Waals surface area (Å²) >= 11 is 0. The molecule has 2 rings (SSSR count). The molecular formula is C14H18N2O3. The van der Waals surface area contributed by atoms with Gasteiger partial charge in [0.25, 0.3) is 5.91 Å². The van der Waals surface area contributed by atoms with Crippen molar-refractivity contribution in [3.05, 3.63) is 24.3 Å². The first-order valence-corrected chi connectivity index (χ1v) is 6.62. The van der Waals surface area contributed by atoms with Crippen LogP contribution in [0.25, 0.3) is 0 Å². The molecule has 0 saturated carbocycles. The van der Waals surface area contributed by atoms with Gasteiger partial charge in [-0.05, 0) is 25.7 Å². The van der Waals surface area contributed by atoms with Crippen LogP contribution in [0, 0.1) is 5.92 Å². The Bertz CT molecular complexity index is 428. The van der Waals surface area contributed by atoms with Crippen molar-refractivity contribution in [1.29, 1.82) is 0 Å². The van der Waals surface area contributed by atoms with Gasteiger partial charge in [-0.3, -0.25) is 19.3 Å². The van der Waals surface area contributed by atoms with Gasteiger partial charge in [0.2, 0.25) is 12.3 Å². The predicted molar refractivity (Wildman–Crippen MR) is 69.9 cm³/mol. The molecular weight excluding hydrogens is 244 g/mol. The molecule has 2 aliphatic rings. The Morgan fingerprint density at radius 3 is 2.89 bits per heavy atom. The average Bonchev–Trinajstić information content (AvgIpc) is 2.62. The zero-order valence-electron chi connectivity index (χ0n) is 10.7. The fourth-order valence-corrected chi connectivity index (χ4v) is 2.46. The highest BCUT2D eigenvalue weighted by atomic mass is 16.2. The summed E-state index contributed by atoms with van der Waals surface area (Å²) in [6.45, 7) is 0.447. The van der Waals surface area contributed by atoms with Gasteiger partial charge < -0.3 is 5.32 Å². The Balaban J connectivity index is 2.09. The summed E-state index contributed by atoms with van der Waals surface area (Å²) in [6.07, 6.45) is 10.9. The number of hydrogen-bond donors (Lipinski definition) is 1. The molecule has 1 aliphatic heterocycles. The van der Waals surface area contributed by atoms with Crippen LogP contribution in [-0.2, 0) is 14.4 Å². The van der Waals surface area contributed by atoms with E-state index in [0.29, 0.717) is 25.8 Å². The second-order valence-corrected chi connectivity index (χ2v) is 4.82. The summed E-state index contributed by atoms with van der Waals surface area (Å²) in [5, 5.41) is 2.51. The van der Waals surface area contributed by atoms with Crippen molar-refractivity contribution < 1.29 is 14.4 Å². The van der Waals surface area contributed by atoms with E-state index >= 15 is 0 Å². The van der Waals surface area contributed by atoms with Gasteiger partial charge in [0.15, 0.2) is 0 Å². The third kappa shape index (κ3) is 3.10. The summed E-state index contributed by atoms with van der Waals surface area (Å²) in [5.41, 5.74) is 0. The molecule has 1 aliphatic carbocycles. The summed E-state index contributed by atoms with van der Waals surface area (Å²) in [7, 11) is 0. The molecule has 1 heterocycles. The van der Waals surface area contributed by atoms with Crippen molar-refractivity contribution in [3.63, 3.8) is 0 Å². The van der Waals surface area contributed by atoms with Gasteiger partial charge in [-0.25, -0.2) is 0 Å². The molecule has 1 unspecified atom stereocenters. The molecule has 0 aromatic rings. The van der Waals surface area contributed by atoms with E-state index in [2.05, 4.69) is 5.32 Å². The molecule has 3 amide bonds. The Morgan fingerprint density at radius 2 is 2.21 bits per heavy atom.